The molecule has 0 spiro atoms. The highest BCUT2D eigenvalue weighted by atomic mass is 16.5. The summed E-state index contributed by atoms with van der Waals surface area (Å²) in [4.78, 5) is 33.1. The van der Waals surface area contributed by atoms with Crippen LogP contribution in [0.3, 0.4) is 0 Å². The summed E-state index contributed by atoms with van der Waals surface area (Å²) in [5.74, 6) is -0.180. The Morgan fingerprint density at radius 2 is 1.89 bits per heavy atom. The number of fused-ring (bicyclic) bond motifs is 1. The molecule has 1 amide bonds. The number of rotatable bonds is 4. The Bertz CT molecular complexity index is 849. The van der Waals surface area contributed by atoms with Gasteiger partial charge in [-0.3, -0.25) is 4.79 Å². The molecule has 2 aromatic rings. The number of nitrogens with zero attached hydrogens (tertiary/aromatic N) is 3. The van der Waals surface area contributed by atoms with Crippen molar-refractivity contribution in [2.24, 2.45) is 0 Å². The van der Waals surface area contributed by atoms with E-state index < -0.39 is 5.97 Å². The number of amides is 1. The standard InChI is InChI=1S/C20H21N3O4/c24-18(23-9-7-15-4-1-2-6-17(15)23)14-27-20(25)16-5-3-8-21-19(16)22-10-12-26-13-11-22/h1-6,8H,7,9-14H2. The molecule has 0 aliphatic carbocycles. The number of benzene rings is 1. The second-order valence-corrected chi connectivity index (χ2v) is 6.47. The lowest BCUT2D eigenvalue weighted by Gasteiger charge is -2.28. The Morgan fingerprint density at radius 3 is 2.74 bits per heavy atom. The molecule has 7 heteroatoms. The normalized spacial score (nSPS) is 16.1. The van der Waals surface area contributed by atoms with Crippen molar-refractivity contribution in [3.05, 3.63) is 53.7 Å². The van der Waals surface area contributed by atoms with Crippen molar-refractivity contribution in [1.82, 2.24) is 4.98 Å². The third kappa shape index (κ3) is 3.64. The highest BCUT2D eigenvalue weighted by molar-refractivity contribution is 6.00. The van der Waals surface area contributed by atoms with Crippen LogP contribution in [0.1, 0.15) is 15.9 Å². The molecule has 2 aliphatic heterocycles. The van der Waals surface area contributed by atoms with Crippen molar-refractivity contribution < 1.29 is 19.1 Å². The van der Waals surface area contributed by atoms with E-state index in [0.29, 0.717) is 44.2 Å². The van der Waals surface area contributed by atoms with Gasteiger partial charge in [0, 0.05) is 31.5 Å². The van der Waals surface area contributed by atoms with Gasteiger partial charge >= 0.3 is 5.97 Å². The molecule has 2 aliphatic rings. The number of hydrogen-bond donors (Lipinski definition) is 0. The summed E-state index contributed by atoms with van der Waals surface area (Å²) >= 11 is 0. The summed E-state index contributed by atoms with van der Waals surface area (Å²) < 4.78 is 10.7. The van der Waals surface area contributed by atoms with Gasteiger partial charge in [-0.25, -0.2) is 9.78 Å². The van der Waals surface area contributed by atoms with Gasteiger partial charge in [0.05, 0.1) is 13.2 Å². The maximum absolute atomic E-state index is 12.6. The molecule has 0 radical (unpaired) electrons. The highest BCUT2D eigenvalue weighted by Gasteiger charge is 2.26. The van der Waals surface area contributed by atoms with Gasteiger partial charge in [0.1, 0.15) is 11.4 Å². The van der Waals surface area contributed by atoms with Crippen LogP contribution < -0.4 is 9.80 Å². The summed E-state index contributed by atoms with van der Waals surface area (Å²) in [6.45, 7) is 2.85. The Hall–Kier alpha value is -2.93. The van der Waals surface area contributed by atoms with Gasteiger partial charge in [-0.15, -0.1) is 0 Å². The van der Waals surface area contributed by atoms with Crippen LogP contribution in [0.5, 0.6) is 0 Å². The molecule has 3 heterocycles. The molecule has 0 saturated carbocycles. The average Bonchev–Trinajstić information content (AvgIpc) is 3.17. The molecule has 7 nitrogen and oxygen atoms in total. The topological polar surface area (TPSA) is 72.0 Å². The number of ether oxygens (including phenoxy) is 2. The van der Waals surface area contributed by atoms with Crippen LogP contribution in [-0.2, 0) is 20.7 Å². The lowest BCUT2D eigenvalue weighted by atomic mass is 10.2. The second-order valence-electron chi connectivity index (χ2n) is 6.47. The summed E-state index contributed by atoms with van der Waals surface area (Å²) in [5.41, 5.74) is 2.40. The van der Waals surface area contributed by atoms with Gasteiger partial charge in [0.25, 0.3) is 5.91 Å². The van der Waals surface area contributed by atoms with E-state index in [2.05, 4.69) is 4.98 Å². The summed E-state index contributed by atoms with van der Waals surface area (Å²) in [6, 6.07) is 11.2. The maximum atomic E-state index is 12.6. The number of aromatic nitrogens is 1. The lowest BCUT2D eigenvalue weighted by molar-refractivity contribution is -0.121. The van der Waals surface area contributed by atoms with Gasteiger partial charge in [-0.05, 0) is 30.2 Å². The summed E-state index contributed by atoms with van der Waals surface area (Å²) in [6.07, 6.45) is 2.47. The molecule has 1 aromatic heterocycles. The number of anilines is 2. The smallest absolute Gasteiger partial charge is 0.342 e. The SMILES string of the molecule is O=C(OCC(=O)N1CCc2ccccc21)c1cccnc1N1CCOCC1. The van der Waals surface area contributed by atoms with E-state index in [1.54, 1.807) is 23.2 Å². The zero-order valence-corrected chi connectivity index (χ0v) is 15.0. The minimum Gasteiger partial charge on any atom is -0.452 e. The van der Waals surface area contributed by atoms with Crippen LogP contribution in [-0.4, -0.2) is 56.3 Å². The van der Waals surface area contributed by atoms with E-state index in [9.17, 15) is 9.59 Å². The fourth-order valence-electron chi connectivity index (χ4n) is 3.46. The number of pyridine rings is 1. The Labute approximate surface area is 157 Å². The average molecular weight is 367 g/mol. The molecule has 140 valence electrons. The summed E-state index contributed by atoms with van der Waals surface area (Å²) in [7, 11) is 0. The van der Waals surface area contributed by atoms with E-state index in [4.69, 9.17) is 9.47 Å². The molecule has 27 heavy (non-hydrogen) atoms. The van der Waals surface area contributed by atoms with E-state index >= 15 is 0 Å². The van der Waals surface area contributed by atoms with Crippen molar-refractivity contribution in [2.75, 3.05) is 49.3 Å². The second kappa shape index (κ2) is 7.75. The predicted molar refractivity (Wildman–Crippen MR) is 100 cm³/mol. The Balaban J connectivity index is 1.42. The zero-order chi connectivity index (χ0) is 18.6. The third-order valence-electron chi connectivity index (χ3n) is 4.83. The van der Waals surface area contributed by atoms with E-state index in [1.807, 2.05) is 29.2 Å². The maximum Gasteiger partial charge on any atom is 0.342 e. The van der Waals surface area contributed by atoms with Gasteiger partial charge in [0.2, 0.25) is 0 Å². The monoisotopic (exact) mass is 367 g/mol. The summed E-state index contributed by atoms with van der Waals surface area (Å²) in [5, 5.41) is 0. The first kappa shape index (κ1) is 17.5. The lowest BCUT2D eigenvalue weighted by Crippen LogP contribution is -2.38. The van der Waals surface area contributed by atoms with Crippen LogP contribution in [0.2, 0.25) is 0 Å². The van der Waals surface area contributed by atoms with Crippen LogP contribution in [0.15, 0.2) is 42.6 Å². The van der Waals surface area contributed by atoms with Crippen molar-refractivity contribution in [3.8, 4) is 0 Å². The number of para-hydroxylation sites is 1. The first-order valence-electron chi connectivity index (χ1n) is 9.07. The van der Waals surface area contributed by atoms with Gasteiger partial charge in [0.15, 0.2) is 6.61 Å². The van der Waals surface area contributed by atoms with Crippen LogP contribution in [0.4, 0.5) is 11.5 Å². The molecule has 1 aromatic carbocycles. The van der Waals surface area contributed by atoms with Crippen LogP contribution in [0.25, 0.3) is 0 Å². The first-order valence-corrected chi connectivity index (χ1v) is 9.07. The van der Waals surface area contributed by atoms with Crippen LogP contribution in [0, 0.1) is 0 Å². The fraction of sp³-hybridized carbons (Fsp3) is 0.350. The minimum atomic E-state index is -0.537. The molecule has 0 atom stereocenters. The number of carbonyl (C=O) groups is 2. The Kier molecular flexibility index (Phi) is 5.02. The number of morpholine rings is 1. The van der Waals surface area contributed by atoms with Crippen LogP contribution >= 0.6 is 0 Å². The number of carbonyl (C=O) groups excluding carboxylic acids is 2. The van der Waals surface area contributed by atoms with E-state index in [-0.39, 0.29) is 12.5 Å². The largest absolute Gasteiger partial charge is 0.452 e. The molecular formula is C20H21N3O4. The van der Waals surface area contributed by atoms with E-state index in [0.717, 1.165) is 17.7 Å². The highest BCUT2D eigenvalue weighted by Crippen LogP contribution is 2.27. The quantitative estimate of drug-likeness (QED) is 0.766. The van der Waals surface area contributed by atoms with Crippen molar-refractivity contribution >= 4 is 23.4 Å². The molecule has 0 bridgehead atoms. The minimum absolute atomic E-state index is 0.217. The van der Waals surface area contributed by atoms with Gasteiger partial charge < -0.3 is 19.3 Å². The fourth-order valence-corrected chi connectivity index (χ4v) is 3.46. The molecule has 1 fully saturated rings. The Morgan fingerprint density at radius 1 is 1.07 bits per heavy atom. The van der Waals surface area contributed by atoms with Crippen molar-refractivity contribution in [3.63, 3.8) is 0 Å². The van der Waals surface area contributed by atoms with Gasteiger partial charge in [-0.2, -0.15) is 0 Å². The molecule has 1 saturated heterocycles. The molecule has 0 N–H and O–H groups in total. The molecule has 4 rings (SSSR count). The zero-order valence-electron chi connectivity index (χ0n) is 15.0. The third-order valence-corrected chi connectivity index (χ3v) is 4.83. The molecule has 0 unspecified atom stereocenters. The molecular weight excluding hydrogens is 346 g/mol. The first-order chi connectivity index (χ1) is 13.2. The number of esters is 1. The van der Waals surface area contributed by atoms with Crippen molar-refractivity contribution in [1.29, 1.82) is 0 Å². The van der Waals surface area contributed by atoms with Crippen molar-refractivity contribution in [2.45, 2.75) is 6.42 Å². The predicted octanol–water partition coefficient (Wildman–Crippen LogP) is 1.66. The van der Waals surface area contributed by atoms with E-state index in [1.165, 1.54) is 0 Å². The number of hydrogen-bond acceptors (Lipinski definition) is 6. The van der Waals surface area contributed by atoms with Gasteiger partial charge in [-0.1, -0.05) is 18.2 Å².